The Morgan fingerprint density at radius 1 is 0.857 bits per heavy atom. The molecule has 2 aromatic carbocycles. The molecule has 0 N–H and O–H groups in total. The molecular formula is C25H26BrN3O6. The van der Waals surface area contributed by atoms with E-state index in [2.05, 4.69) is 15.9 Å². The second-order valence-electron chi connectivity index (χ2n) is 8.30. The van der Waals surface area contributed by atoms with Crippen LogP contribution in [0.25, 0.3) is 0 Å². The van der Waals surface area contributed by atoms with E-state index in [0.717, 1.165) is 4.47 Å². The van der Waals surface area contributed by atoms with Gasteiger partial charge in [-0.15, -0.1) is 0 Å². The van der Waals surface area contributed by atoms with E-state index in [1.807, 2.05) is 0 Å². The predicted molar refractivity (Wildman–Crippen MR) is 131 cm³/mol. The molecule has 9 nitrogen and oxygen atoms in total. The van der Waals surface area contributed by atoms with Gasteiger partial charge in [0.1, 0.15) is 0 Å². The maximum atomic E-state index is 12.9. The molecule has 0 radical (unpaired) electrons. The first-order valence-electron chi connectivity index (χ1n) is 11.3. The number of rotatable bonds is 7. The van der Waals surface area contributed by atoms with E-state index in [1.54, 1.807) is 46.2 Å². The van der Waals surface area contributed by atoms with Crippen LogP contribution in [0.1, 0.15) is 43.9 Å². The first-order chi connectivity index (χ1) is 16.8. The van der Waals surface area contributed by atoms with Crippen LogP contribution in [0.3, 0.4) is 0 Å². The number of methoxy groups -OCH3 is 2. The van der Waals surface area contributed by atoms with Crippen molar-refractivity contribution in [2.45, 2.75) is 12.8 Å². The van der Waals surface area contributed by atoms with Crippen molar-refractivity contribution >= 4 is 39.6 Å². The molecule has 0 bridgehead atoms. The van der Waals surface area contributed by atoms with Gasteiger partial charge in [-0.1, -0.05) is 15.9 Å². The fraction of sp³-hybridized carbons (Fsp3) is 0.360. The maximum absolute atomic E-state index is 12.9. The van der Waals surface area contributed by atoms with Crippen LogP contribution in [-0.4, -0.2) is 85.3 Å². The highest BCUT2D eigenvalue weighted by molar-refractivity contribution is 9.10. The molecule has 2 aromatic rings. The summed E-state index contributed by atoms with van der Waals surface area (Å²) in [5.74, 6) is 0.192. The third-order valence-electron chi connectivity index (χ3n) is 6.26. The molecule has 0 saturated carbocycles. The number of ether oxygens (including phenoxy) is 2. The van der Waals surface area contributed by atoms with E-state index in [4.69, 9.17) is 9.47 Å². The molecule has 2 aliphatic heterocycles. The fourth-order valence-corrected chi connectivity index (χ4v) is 4.68. The summed E-state index contributed by atoms with van der Waals surface area (Å²) < 4.78 is 11.2. The summed E-state index contributed by atoms with van der Waals surface area (Å²) in [4.78, 5) is 55.3. The van der Waals surface area contributed by atoms with Crippen molar-refractivity contribution in [3.63, 3.8) is 0 Å². The zero-order valence-electron chi connectivity index (χ0n) is 19.6. The molecule has 0 spiro atoms. The molecule has 1 saturated heterocycles. The summed E-state index contributed by atoms with van der Waals surface area (Å²) >= 11 is 3.32. The van der Waals surface area contributed by atoms with Gasteiger partial charge in [-0.3, -0.25) is 24.1 Å². The average Bonchev–Trinajstić information content (AvgIpc) is 3.11. The lowest BCUT2D eigenvalue weighted by Crippen LogP contribution is -2.50. The minimum atomic E-state index is -0.332. The number of halogens is 1. The van der Waals surface area contributed by atoms with Gasteiger partial charge in [0.25, 0.3) is 17.7 Å². The molecule has 1 fully saturated rings. The molecule has 2 aliphatic rings. The molecule has 2 heterocycles. The Morgan fingerprint density at radius 3 is 2.20 bits per heavy atom. The van der Waals surface area contributed by atoms with E-state index in [-0.39, 0.29) is 36.6 Å². The van der Waals surface area contributed by atoms with Gasteiger partial charge in [0.15, 0.2) is 11.5 Å². The number of benzene rings is 2. The van der Waals surface area contributed by atoms with Crippen molar-refractivity contribution in [1.82, 2.24) is 14.7 Å². The summed E-state index contributed by atoms with van der Waals surface area (Å²) in [5.41, 5.74) is 1.26. The van der Waals surface area contributed by atoms with Crippen molar-refractivity contribution in [3.05, 3.63) is 57.6 Å². The summed E-state index contributed by atoms with van der Waals surface area (Å²) in [7, 11) is 3.05. The van der Waals surface area contributed by atoms with E-state index in [1.165, 1.54) is 19.1 Å². The number of fused-ring (bicyclic) bond motifs is 1. The highest BCUT2D eigenvalue weighted by Crippen LogP contribution is 2.28. The summed E-state index contributed by atoms with van der Waals surface area (Å²) in [5, 5.41) is 0. The quantitative estimate of drug-likeness (QED) is 0.498. The number of nitrogens with zero attached hydrogens (tertiary/aromatic N) is 3. The van der Waals surface area contributed by atoms with Gasteiger partial charge in [0, 0.05) is 49.2 Å². The van der Waals surface area contributed by atoms with Gasteiger partial charge in [0.2, 0.25) is 5.91 Å². The number of hydrogen-bond donors (Lipinski definition) is 0. The lowest BCUT2D eigenvalue weighted by molar-refractivity contribution is -0.132. The number of carbonyl (C=O) groups excluding carboxylic acids is 4. The Labute approximate surface area is 211 Å². The van der Waals surface area contributed by atoms with E-state index in [9.17, 15) is 19.2 Å². The lowest BCUT2D eigenvalue weighted by Gasteiger charge is -2.35. The largest absolute Gasteiger partial charge is 0.493 e. The second-order valence-corrected chi connectivity index (χ2v) is 9.21. The Balaban J connectivity index is 1.26. The minimum absolute atomic E-state index is 0.0532. The standard InChI is InChI=1S/C25H26BrN3O6/c1-34-20-8-5-16(14-21(20)35-2)23(31)28-12-10-27(11-13-28)22(30)4-3-9-29-24(32)18-7-6-17(26)15-19(18)25(29)33/h5-8,14-15H,3-4,9-13H2,1-2H3. The topological polar surface area (TPSA) is 96.5 Å². The number of carbonyl (C=O) groups is 4. The van der Waals surface area contributed by atoms with Gasteiger partial charge in [0.05, 0.1) is 25.3 Å². The Bertz CT molecular complexity index is 1180. The van der Waals surface area contributed by atoms with Crippen molar-refractivity contribution in [3.8, 4) is 11.5 Å². The van der Waals surface area contributed by atoms with Gasteiger partial charge in [-0.2, -0.15) is 0 Å². The van der Waals surface area contributed by atoms with E-state index in [0.29, 0.717) is 60.8 Å². The Kier molecular flexibility index (Phi) is 7.39. The van der Waals surface area contributed by atoms with E-state index < -0.39 is 0 Å². The van der Waals surface area contributed by atoms with Crippen molar-refractivity contribution < 1.29 is 28.7 Å². The number of imide groups is 1. The van der Waals surface area contributed by atoms with E-state index >= 15 is 0 Å². The molecule has 4 amide bonds. The second kappa shape index (κ2) is 10.5. The molecular weight excluding hydrogens is 518 g/mol. The summed E-state index contributed by atoms with van der Waals surface area (Å²) in [6.45, 7) is 1.89. The molecule has 0 aliphatic carbocycles. The Hall–Kier alpha value is -3.40. The number of hydrogen-bond acceptors (Lipinski definition) is 6. The zero-order valence-corrected chi connectivity index (χ0v) is 21.2. The molecule has 0 aromatic heterocycles. The highest BCUT2D eigenvalue weighted by atomic mass is 79.9. The minimum Gasteiger partial charge on any atom is -0.493 e. The monoisotopic (exact) mass is 543 g/mol. The maximum Gasteiger partial charge on any atom is 0.261 e. The van der Waals surface area contributed by atoms with Crippen LogP contribution in [0.5, 0.6) is 11.5 Å². The van der Waals surface area contributed by atoms with Gasteiger partial charge >= 0.3 is 0 Å². The van der Waals surface area contributed by atoms with Crippen molar-refractivity contribution in [1.29, 1.82) is 0 Å². The summed E-state index contributed by atoms with van der Waals surface area (Å²) in [6, 6.07) is 10.0. The molecule has 35 heavy (non-hydrogen) atoms. The van der Waals surface area contributed by atoms with Crippen LogP contribution < -0.4 is 9.47 Å². The number of piperazine rings is 1. The third kappa shape index (κ3) is 5.02. The molecule has 0 atom stereocenters. The van der Waals surface area contributed by atoms with Crippen LogP contribution in [0, 0.1) is 0 Å². The molecule has 0 unspecified atom stereocenters. The average molecular weight is 544 g/mol. The molecule has 4 rings (SSSR count). The highest BCUT2D eigenvalue weighted by Gasteiger charge is 2.35. The van der Waals surface area contributed by atoms with Crippen molar-refractivity contribution in [2.75, 3.05) is 46.9 Å². The molecule has 184 valence electrons. The first-order valence-corrected chi connectivity index (χ1v) is 12.1. The van der Waals surface area contributed by atoms with Gasteiger partial charge < -0.3 is 19.3 Å². The zero-order chi connectivity index (χ0) is 25.1. The SMILES string of the molecule is COc1ccc(C(=O)N2CCN(C(=O)CCCN3C(=O)c4ccc(Br)cc4C3=O)CC2)cc1OC. The molecule has 10 heteroatoms. The normalized spacial score (nSPS) is 15.3. The predicted octanol–water partition coefficient (Wildman–Crippen LogP) is 2.83. The van der Waals surface area contributed by atoms with Crippen LogP contribution in [-0.2, 0) is 4.79 Å². The van der Waals surface area contributed by atoms with Gasteiger partial charge in [-0.25, -0.2) is 0 Å². The Morgan fingerprint density at radius 2 is 1.51 bits per heavy atom. The van der Waals surface area contributed by atoms with Crippen molar-refractivity contribution in [2.24, 2.45) is 0 Å². The lowest BCUT2D eigenvalue weighted by atomic mass is 10.1. The van der Waals surface area contributed by atoms with Gasteiger partial charge in [-0.05, 0) is 42.8 Å². The summed E-state index contributed by atoms with van der Waals surface area (Å²) in [6.07, 6.45) is 0.608. The number of amides is 4. The van der Waals surface area contributed by atoms with Crippen LogP contribution in [0.4, 0.5) is 0 Å². The van der Waals surface area contributed by atoms with Crippen LogP contribution in [0.15, 0.2) is 40.9 Å². The first kappa shape index (κ1) is 24.7. The van der Waals surface area contributed by atoms with Crippen LogP contribution >= 0.6 is 15.9 Å². The smallest absolute Gasteiger partial charge is 0.261 e. The third-order valence-corrected chi connectivity index (χ3v) is 6.75. The van der Waals surface area contributed by atoms with Crippen LogP contribution in [0.2, 0.25) is 0 Å². The fourth-order valence-electron chi connectivity index (χ4n) is 4.32.